The number of nitrogens with zero attached hydrogens (tertiary/aromatic N) is 2. The fourth-order valence-electron chi connectivity index (χ4n) is 1.25. The number of nitro benzene ring substituents is 1. The van der Waals surface area contributed by atoms with Gasteiger partial charge in [0.05, 0.1) is 22.7 Å². The summed E-state index contributed by atoms with van der Waals surface area (Å²) in [7, 11) is 0. The van der Waals surface area contributed by atoms with Gasteiger partial charge in [0, 0.05) is 6.07 Å². The minimum Gasteiger partial charge on any atom is -0.394 e. The van der Waals surface area contributed by atoms with E-state index in [9.17, 15) is 14.5 Å². The Hall–Kier alpha value is -2.44. The zero-order chi connectivity index (χ0) is 11.7. The first-order chi connectivity index (χ1) is 7.59. The predicted octanol–water partition coefficient (Wildman–Crippen LogP) is 1.97. The van der Waals surface area contributed by atoms with E-state index in [1.54, 1.807) is 0 Å². The van der Waals surface area contributed by atoms with Crippen LogP contribution < -0.4 is 5.73 Å². The summed E-state index contributed by atoms with van der Waals surface area (Å²) >= 11 is 0. The average Bonchev–Trinajstić information content (AvgIpc) is 2.64. The lowest BCUT2D eigenvalue weighted by atomic mass is 10.1. The molecule has 0 aliphatic rings. The third-order valence-electron chi connectivity index (χ3n) is 2.01. The maximum atomic E-state index is 13.5. The molecule has 0 saturated carbocycles. The molecule has 0 aliphatic heterocycles. The van der Waals surface area contributed by atoms with Gasteiger partial charge in [-0.05, 0) is 6.07 Å². The number of nitro groups is 1. The molecule has 0 amide bonds. The van der Waals surface area contributed by atoms with Gasteiger partial charge in [-0.1, -0.05) is 5.16 Å². The van der Waals surface area contributed by atoms with Crippen molar-refractivity contribution < 1.29 is 13.8 Å². The molecule has 0 saturated heterocycles. The summed E-state index contributed by atoms with van der Waals surface area (Å²) in [5, 5.41) is 13.8. The molecule has 0 bridgehead atoms. The van der Waals surface area contributed by atoms with Crippen LogP contribution in [-0.4, -0.2) is 10.1 Å². The van der Waals surface area contributed by atoms with E-state index in [1.807, 2.05) is 0 Å². The van der Waals surface area contributed by atoms with E-state index < -0.39 is 10.7 Å². The first kappa shape index (κ1) is 10.1. The molecule has 1 heterocycles. The second-order valence-corrected chi connectivity index (χ2v) is 3.03. The second-order valence-electron chi connectivity index (χ2n) is 3.03. The third kappa shape index (κ3) is 1.58. The van der Waals surface area contributed by atoms with Crippen LogP contribution in [0.1, 0.15) is 0 Å². The summed E-state index contributed by atoms with van der Waals surface area (Å²) in [4.78, 5) is 9.71. The molecule has 0 atom stereocenters. The van der Waals surface area contributed by atoms with Crippen molar-refractivity contribution in [2.24, 2.45) is 0 Å². The van der Waals surface area contributed by atoms with Gasteiger partial charge in [-0.3, -0.25) is 10.1 Å². The lowest BCUT2D eigenvalue weighted by molar-refractivity contribution is -0.385. The largest absolute Gasteiger partial charge is 0.394 e. The average molecular weight is 223 g/mol. The van der Waals surface area contributed by atoms with Gasteiger partial charge >= 0.3 is 0 Å². The van der Waals surface area contributed by atoms with Crippen molar-refractivity contribution in [2.75, 3.05) is 5.73 Å². The van der Waals surface area contributed by atoms with Crippen LogP contribution in [0.4, 0.5) is 15.8 Å². The summed E-state index contributed by atoms with van der Waals surface area (Å²) < 4.78 is 18.3. The van der Waals surface area contributed by atoms with E-state index in [1.165, 1.54) is 18.3 Å². The number of nitrogens with two attached hydrogens (primary N) is 1. The quantitative estimate of drug-likeness (QED) is 0.620. The van der Waals surface area contributed by atoms with Gasteiger partial charge in [0.1, 0.15) is 11.5 Å². The lowest BCUT2D eigenvalue weighted by Gasteiger charge is -1.99. The van der Waals surface area contributed by atoms with Gasteiger partial charge in [0.15, 0.2) is 5.76 Å². The Morgan fingerprint density at radius 3 is 2.75 bits per heavy atom. The number of hydrogen-bond donors (Lipinski definition) is 1. The number of benzene rings is 1. The molecule has 2 rings (SSSR count). The van der Waals surface area contributed by atoms with Crippen molar-refractivity contribution in [1.29, 1.82) is 0 Å². The summed E-state index contributed by atoms with van der Waals surface area (Å²) in [6.45, 7) is 0. The number of anilines is 1. The minimum atomic E-state index is -0.780. The van der Waals surface area contributed by atoms with Gasteiger partial charge in [-0.2, -0.15) is 0 Å². The van der Waals surface area contributed by atoms with Crippen LogP contribution in [0.15, 0.2) is 28.9 Å². The highest BCUT2D eigenvalue weighted by Crippen LogP contribution is 2.29. The van der Waals surface area contributed by atoms with Crippen molar-refractivity contribution in [2.45, 2.75) is 0 Å². The van der Waals surface area contributed by atoms with Crippen LogP contribution >= 0.6 is 0 Å². The Morgan fingerprint density at radius 1 is 1.50 bits per heavy atom. The molecule has 0 spiro atoms. The van der Waals surface area contributed by atoms with Crippen molar-refractivity contribution in [3.05, 3.63) is 40.3 Å². The van der Waals surface area contributed by atoms with E-state index in [0.29, 0.717) is 0 Å². The molecule has 16 heavy (non-hydrogen) atoms. The first-order valence-electron chi connectivity index (χ1n) is 4.24. The van der Waals surface area contributed by atoms with Gasteiger partial charge in [0.2, 0.25) is 0 Å². The highest BCUT2D eigenvalue weighted by molar-refractivity contribution is 5.71. The van der Waals surface area contributed by atoms with Crippen LogP contribution in [0.2, 0.25) is 0 Å². The zero-order valence-corrected chi connectivity index (χ0v) is 7.88. The second kappa shape index (κ2) is 3.61. The first-order valence-corrected chi connectivity index (χ1v) is 4.24. The Bertz CT molecular complexity index is 553. The number of halogens is 1. The van der Waals surface area contributed by atoms with Crippen molar-refractivity contribution in [1.82, 2.24) is 5.16 Å². The standard InChI is InChI=1S/C9H6FN3O3/c10-7-3-5(13(14)15)1-2-6(7)9-8(11)4-12-16-9/h1-4H,11H2. The number of rotatable bonds is 2. The van der Waals surface area contributed by atoms with E-state index >= 15 is 0 Å². The summed E-state index contributed by atoms with van der Waals surface area (Å²) in [5.41, 5.74) is 5.36. The number of nitrogen functional groups attached to an aromatic ring is 1. The molecule has 2 aromatic rings. The smallest absolute Gasteiger partial charge is 0.272 e. The maximum Gasteiger partial charge on any atom is 0.272 e. The Labute approximate surface area is 88.6 Å². The zero-order valence-electron chi connectivity index (χ0n) is 7.88. The highest BCUT2D eigenvalue weighted by atomic mass is 19.1. The van der Waals surface area contributed by atoms with E-state index in [4.69, 9.17) is 10.3 Å². The van der Waals surface area contributed by atoms with Gasteiger partial charge in [0.25, 0.3) is 5.69 Å². The third-order valence-corrected chi connectivity index (χ3v) is 2.01. The molecule has 7 heteroatoms. The summed E-state index contributed by atoms with van der Waals surface area (Å²) in [6, 6.07) is 3.20. The van der Waals surface area contributed by atoms with Crippen molar-refractivity contribution in [3.8, 4) is 11.3 Å². The van der Waals surface area contributed by atoms with Gasteiger partial charge < -0.3 is 10.3 Å². The lowest BCUT2D eigenvalue weighted by Crippen LogP contribution is -1.92. The molecule has 82 valence electrons. The molecule has 0 aliphatic carbocycles. The molecule has 2 N–H and O–H groups in total. The Morgan fingerprint density at radius 2 is 2.25 bits per heavy atom. The van der Waals surface area contributed by atoms with Crippen molar-refractivity contribution >= 4 is 11.4 Å². The maximum absolute atomic E-state index is 13.5. The number of aromatic nitrogens is 1. The molecule has 0 unspecified atom stereocenters. The van der Waals surface area contributed by atoms with Crippen LogP contribution in [0.5, 0.6) is 0 Å². The molecule has 0 fully saturated rings. The molecular weight excluding hydrogens is 217 g/mol. The van der Waals surface area contributed by atoms with Crippen LogP contribution in [0.3, 0.4) is 0 Å². The summed E-state index contributed by atoms with van der Waals surface area (Å²) in [6.07, 6.45) is 1.23. The van der Waals surface area contributed by atoms with Gasteiger partial charge in [-0.25, -0.2) is 4.39 Å². The van der Waals surface area contributed by atoms with E-state index in [-0.39, 0.29) is 22.7 Å². The normalized spacial score (nSPS) is 10.3. The SMILES string of the molecule is Nc1cnoc1-c1ccc([N+](=O)[O-])cc1F. The minimum absolute atomic E-state index is 0.0422. The fourth-order valence-corrected chi connectivity index (χ4v) is 1.25. The van der Waals surface area contributed by atoms with Crippen molar-refractivity contribution in [3.63, 3.8) is 0 Å². The molecule has 6 nitrogen and oxygen atoms in total. The molecule has 0 radical (unpaired) electrons. The fraction of sp³-hybridized carbons (Fsp3) is 0. The summed E-state index contributed by atoms with van der Waals surface area (Å²) in [5.74, 6) is -0.718. The monoisotopic (exact) mass is 223 g/mol. The predicted molar refractivity (Wildman–Crippen MR) is 53.0 cm³/mol. The van der Waals surface area contributed by atoms with Crippen LogP contribution in [-0.2, 0) is 0 Å². The van der Waals surface area contributed by atoms with Crippen LogP contribution in [0, 0.1) is 15.9 Å². The van der Waals surface area contributed by atoms with E-state index in [2.05, 4.69) is 5.16 Å². The van der Waals surface area contributed by atoms with Gasteiger partial charge in [-0.15, -0.1) is 0 Å². The number of non-ortho nitro benzene ring substituents is 1. The Kier molecular flexibility index (Phi) is 2.28. The molecular formula is C9H6FN3O3. The van der Waals surface area contributed by atoms with Crippen LogP contribution in [0.25, 0.3) is 11.3 Å². The van der Waals surface area contributed by atoms with E-state index in [0.717, 1.165) is 6.07 Å². The topological polar surface area (TPSA) is 95.2 Å². The Balaban J connectivity index is 2.52. The number of hydrogen-bond acceptors (Lipinski definition) is 5. The molecule has 1 aromatic heterocycles. The highest BCUT2D eigenvalue weighted by Gasteiger charge is 2.16. The molecule has 1 aromatic carbocycles.